The van der Waals surface area contributed by atoms with Gasteiger partial charge in [0.05, 0.1) is 5.92 Å². The molecule has 0 spiro atoms. The van der Waals surface area contributed by atoms with Crippen LogP contribution in [0.2, 0.25) is 0 Å². The first kappa shape index (κ1) is 11.8. The molecule has 4 heteroatoms. The number of carboxylic acid groups (broad SMARTS) is 1. The van der Waals surface area contributed by atoms with Gasteiger partial charge in [-0.05, 0) is 32.6 Å². The van der Waals surface area contributed by atoms with Crippen LogP contribution in [0.4, 0.5) is 0 Å². The maximum Gasteiger partial charge on any atom is 0.330 e. The van der Waals surface area contributed by atoms with E-state index in [-0.39, 0.29) is 18.0 Å². The Labute approximate surface area is 88.9 Å². The summed E-state index contributed by atoms with van der Waals surface area (Å²) < 4.78 is 5.14. The molecule has 0 aromatic carbocycles. The fraction of sp³-hybridized carbons (Fsp3) is 0.636. The van der Waals surface area contributed by atoms with E-state index in [1.165, 1.54) is 6.08 Å². The van der Waals surface area contributed by atoms with Gasteiger partial charge in [0.1, 0.15) is 6.10 Å². The average molecular weight is 212 g/mol. The molecular weight excluding hydrogens is 196 g/mol. The molecule has 0 aromatic rings. The third kappa shape index (κ3) is 3.73. The number of esters is 1. The summed E-state index contributed by atoms with van der Waals surface area (Å²) in [5.74, 6) is -1.34. The highest BCUT2D eigenvalue weighted by molar-refractivity contribution is 5.81. The van der Waals surface area contributed by atoms with Crippen molar-refractivity contribution in [3.63, 3.8) is 0 Å². The van der Waals surface area contributed by atoms with Crippen molar-refractivity contribution in [1.82, 2.24) is 0 Å². The summed E-state index contributed by atoms with van der Waals surface area (Å²) in [4.78, 5) is 21.8. The Morgan fingerprint density at radius 1 is 1.27 bits per heavy atom. The minimum atomic E-state index is -0.742. The Kier molecular flexibility index (Phi) is 4.34. The lowest BCUT2D eigenvalue weighted by atomic mass is 9.87. The lowest BCUT2D eigenvalue weighted by Gasteiger charge is -2.25. The van der Waals surface area contributed by atoms with Crippen LogP contribution < -0.4 is 0 Å². The van der Waals surface area contributed by atoms with Gasteiger partial charge in [0.25, 0.3) is 0 Å². The zero-order valence-corrected chi connectivity index (χ0v) is 8.81. The quantitative estimate of drug-likeness (QED) is 0.571. The maximum absolute atomic E-state index is 11.1. The van der Waals surface area contributed by atoms with E-state index >= 15 is 0 Å². The van der Waals surface area contributed by atoms with E-state index in [0.717, 1.165) is 0 Å². The van der Waals surface area contributed by atoms with Crippen molar-refractivity contribution in [2.75, 3.05) is 0 Å². The van der Waals surface area contributed by atoms with Gasteiger partial charge in [-0.15, -0.1) is 0 Å². The van der Waals surface area contributed by atoms with Gasteiger partial charge in [0.2, 0.25) is 0 Å². The van der Waals surface area contributed by atoms with Crippen LogP contribution in [0.5, 0.6) is 0 Å². The summed E-state index contributed by atoms with van der Waals surface area (Å²) >= 11 is 0. The maximum atomic E-state index is 11.1. The predicted octanol–water partition coefficient (Wildman–Crippen LogP) is 1.75. The second-order valence-electron chi connectivity index (χ2n) is 3.75. The molecule has 0 amide bonds. The summed E-state index contributed by atoms with van der Waals surface area (Å²) in [6, 6.07) is 0. The van der Waals surface area contributed by atoms with Crippen LogP contribution in [-0.4, -0.2) is 23.1 Å². The molecule has 0 aliphatic heterocycles. The molecule has 0 heterocycles. The van der Waals surface area contributed by atoms with E-state index in [0.29, 0.717) is 25.7 Å². The number of hydrogen-bond acceptors (Lipinski definition) is 3. The van der Waals surface area contributed by atoms with Gasteiger partial charge >= 0.3 is 11.9 Å². The van der Waals surface area contributed by atoms with Gasteiger partial charge in [-0.1, -0.05) is 6.08 Å². The second-order valence-corrected chi connectivity index (χ2v) is 3.75. The molecule has 15 heavy (non-hydrogen) atoms. The lowest BCUT2D eigenvalue weighted by molar-refractivity contribution is -0.148. The molecule has 0 atom stereocenters. The average Bonchev–Trinajstić information content (AvgIpc) is 2.18. The standard InChI is InChI=1S/C11H16O4/c1-2-3-10(12)15-9-6-4-8(5-7-9)11(13)14/h2-3,8-9H,4-7H2,1H3,(H,13,14)/t8-,9-. The Hall–Kier alpha value is -1.32. The van der Waals surface area contributed by atoms with Crippen LogP contribution in [0.25, 0.3) is 0 Å². The molecule has 1 rings (SSSR count). The molecule has 1 aliphatic rings. The first-order valence-electron chi connectivity index (χ1n) is 5.19. The molecular formula is C11H16O4. The number of carbonyl (C=O) groups excluding carboxylic acids is 1. The third-order valence-electron chi connectivity index (χ3n) is 2.61. The number of carboxylic acids is 1. The van der Waals surface area contributed by atoms with Crippen molar-refractivity contribution < 1.29 is 19.4 Å². The van der Waals surface area contributed by atoms with Crippen LogP contribution in [0, 0.1) is 5.92 Å². The van der Waals surface area contributed by atoms with Gasteiger partial charge in [0, 0.05) is 6.08 Å². The van der Waals surface area contributed by atoms with Crippen LogP contribution in [0.1, 0.15) is 32.6 Å². The Morgan fingerprint density at radius 3 is 2.33 bits per heavy atom. The van der Waals surface area contributed by atoms with Crippen LogP contribution in [-0.2, 0) is 14.3 Å². The summed E-state index contributed by atoms with van der Waals surface area (Å²) in [5, 5.41) is 8.77. The summed E-state index contributed by atoms with van der Waals surface area (Å²) in [6.07, 6.45) is 5.41. The van der Waals surface area contributed by atoms with E-state index in [4.69, 9.17) is 9.84 Å². The SMILES string of the molecule is CC=CC(=O)O[C@H]1CC[C@H](C(=O)O)CC1. The molecule has 0 aromatic heterocycles. The van der Waals surface area contributed by atoms with Crippen LogP contribution >= 0.6 is 0 Å². The highest BCUT2D eigenvalue weighted by Crippen LogP contribution is 2.26. The minimum Gasteiger partial charge on any atom is -0.481 e. The van der Waals surface area contributed by atoms with E-state index in [2.05, 4.69) is 0 Å². The molecule has 1 fully saturated rings. The van der Waals surface area contributed by atoms with Crippen molar-refractivity contribution in [2.45, 2.75) is 38.7 Å². The zero-order valence-electron chi connectivity index (χ0n) is 8.81. The third-order valence-corrected chi connectivity index (χ3v) is 2.61. The van der Waals surface area contributed by atoms with E-state index in [9.17, 15) is 9.59 Å². The van der Waals surface area contributed by atoms with Gasteiger partial charge in [-0.25, -0.2) is 4.79 Å². The highest BCUT2D eigenvalue weighted by Gasteiger charge is 2.27. The number of carbonyl (C=O) groups is 2. The number of allylic oxidation sites excluding steroid dienone is 1. The van der Waals surface area contributed by atoms with Crippen LogP contribution in [0.15, 0.2) is 12.2 Å². The van der Waals surface area contributed by atoms with Gasteiger partial charge in [0.15, 0.2) is 0 Å². The normalized spacial score (nSPS) is 26.5. The van der Waals surface area contributed by atoms with Crippen molar-refractivity contribution >= 4 is 11.9 Å². The number of rotatable bonds is 3. The zero-order chi connectivity index (χ0) is 11.3. The highest BCUT2D eigenvalue weighted by atomic mass is 16.5. The van der Waals surface area contributed by atoms with Gasteiger partial charge in [-0.3, -0.25) is 4.79 Å². The van der Waals surface area contributed by atoms with Crippen molar-refractivity contribution in [3.05, 3.63) is 12.2 Å². The van der Waals surface area contributed by atoms with E-state index in [1.54, 1.807) is 13.0 Å². The molecule has 1 N–H and O–H groups in total. The Morgan fingerprint density at radius 2 is 1.87 bits per heavy atom. The van der Waals surface area contributed by atoms with Gasteiger partial charge in [-0.2, -0.15) is 0 Å². The number of hydrogen-bond donors (Lipinski definition) is 1. The fourth-order valence-corrected chi connectivity index (χ4v) is 1.77. The van der Waals surface area contributed by atoms with Crippen molar-refractivity contribution in [1.29, 1.82) is 0 Å². The Bertz CT molecular complexity index is 262. The second kappa shape index (κ2) is 5.53. The summed E-state index contributed by atoms with van der Waals surface area (Å²) in [6.45, 7) is 1.75. The molecule has 0 bridgehead atoms. The number of ether oxygens (including phenoxy) is 1. The van der Waals surface area contributed by atoms with E-state index < -0.39 is 5.97 Å². The Balaban J connectivity index is 2.31. The predicted molar refractivity (Wildman–Crippen MR) is 54.3 cm³/mol. The van der Waals surface area contributed by atoms with Crippen molar-refractivity contribution in [3.8, 4) is 0 Å². The molecule has 1 aliphatic carbocycles. The minimum absolute atomic E-state index is 0.107. The molecule has 0 radical (unpaired) electrons. The van der Waals surface area contributed by atoms with Crippen molar-refractivity contribution in [2.24, 2.45) is 5.92 Å². The fourth-order valence-electron chi connectivity index (χ4n) is 1.77. The smallest absolute Gasteiger partial charge is 0.330 e. The van der Waals surface area contributed by atoms with Gasteiger partial charge < -0.3 is 9.84 Å². The molecule has 0 saturated heterocycles. The van der Waals surface area contributed by atoms with Crippen LogP contribution in [0.3, 0.4) is 0 Å². The topological polar surface area (TPSA) is 63.6 Å². The van der Waals surface area contributed by atoms with E-state index in [1.807, 2.05) is 0 Å². The summed E-state index contributed by atoms with van der Waals surface area (Å²) in [7, 11) is 0. The molecule has 0 unspecified atom stereocenters. The molecule has 84 valence electrons. The molecule has 4 nitrogen and oxygen atoms in total. The largest absolute Gasteiger partial charge is 0.481 e. The summed E-state index contributed by atoms with van der Waals surface area (Å²) in [5.41, 5.74) is 0. The molecule has 1 saturated carbocycles. The monoisotopic (exact) mass is 212 g/mol. The first-order chi connectivity index (χ1) is 7.13. The first-order valence-corrected chi connectivity index (χ1v) is 5.19. The number of aliphatic carboxylic acids is 1. The lowest BCUT2D eigenvalue weighted by Crippen LogP contribution is -2.27.